The molecule has 0 aliphatic carbocycles. The van der Waals surface area contributed by atoms with Crippen LogP contribution in [0, 0.1) is 11.8 Å². The highest BCUT2D eigenvalue weighted by molar-refractivity contribution is 4.92. The van der Waals surface area contributed by atoms with E-state index in [1.807, 2.05) is 0 Å². The summed E-state index contributed by atoms with van der Waals surface area (Å²) in [4.78, 5) is 11.1. The smallest absolute Gasteiger partial charge is 0.146 e. The summed E-state index contributed by atoms with van der Waals surface area (Å²) in [6.07, 6.45) is 5.87. The van der Waals surface area contributed by atoms with Gasteiger partial charge in [-0.05, 0) is 38.1 Å². The maximum absolute atomic E-state index is 6.00. The first-order chi connectivity index (χ1) is 12.7. The predicted octanol–water partition coefficient (Wildman–Crippen LogP) is 0.541. The number of piperidine rings is 1. The number of rotatable bonds is 5. The van der Waals surface area contributed by atoms with E-state index >= 15 is 0 Å². The normalized spacial score (nSPS) is 40.5. The summed E-state index contributed by atoms with van der Waals surface area (Å²) in [5.74, 6) is 1.29. The Kier molecular flexibility index (Phi) is 6.46. The lowest BCUT2D eigenvalue weighted by atomic mass is 9.94. The first kappa shape index (κ1) is 19.1. The molecule has 4 aliphatic rings. The van der Waals surface area contributed by atoms with Gasteiger partial charge in [-0.3, -0.25) is 20.0 Å². The Balaban J connectivity index is 1.24. The highest BCUT2D eigenvalue weighted by Gasteiger charge is 2.40. The third-order valence-electron chi connectivity index (χ3n) is 6.41. The summed E-state index contributed by atoms with van der Waals surface area (Å²) in [5, 5.41) is 7.51. The SMILES string of the molecule is CC(C)CN1CCCC1C1NC(C2CCC(N3CCOCC3)NC2)NO1. The molecule has 4 fully saturated rings. The summed E-state index contributed by atoms with van der Waals surface area (Å²) >= 11 is 0. The minimum atomic E-state index is 0.123. The minimum Gasteiger partial charge on any atom is -0.379 e. The lowest BCUT2D eigenvalue weighted by molar-refractivity contribution is -0.0275. The summed E-state index contributed by atoms with van der Waals surface area (Å²) in [6.45, 7) is 11.9. The van der Waals surface area contributed by atoms with Crippen molar-refractivity contribution in [3.05, 3.63) is 0 Å². The Labute approximate surface area is 158 Å². The molecule has 3 N–H and O–H groups in total. The molecule has 0 amide bonds. The molecule has 0 bridgehead atoms. The molecule has 4 aliphatic heterocycles. The zero-order chi connectivity index (χ0) is 17.9. The average molecular weight is 368 g/mol. The zero-order valence-electron chi connectivity index (χ0n) is 16.5. The molecule has 0 aromatic rings. The van der Waals surface area contributed by atoms with Gasteiger partial charge >= 0.3 is 0 Å². The first-order valence-electron chi connectivity index (χ1n) is 10.7. The van der Waals surface area contributed by atoms with E-state index in [0.717, 1.165) is 32.8 Å². The maximum Gasteiger partial charge on any atom is 0.146 e. The predicted molar refractivity (Wildman–Crippen MR) is 101 cm³/mol. The van der Waals surface area contributed by atoms with Gasteiger partial charge in [0, 0.05) is 32.1 Å². The number of morpholine rings is 1. The Morgan fingerprint density at radius 1 is 1.08 bits per heavy atom. The van der Waals surface area contributed by atoms with Gasteiger partial charge in [-0.25, -0.2) is 0 Å². The van der Waals surface area contributed by atoms with Gasteiger partial charge in [-0.15, -0.1) is 0 Å². The van der Waals surface area contributed by atoms with Crippen molar-refractivity contribution in [1.82, 2.24) is 25.9 Å². The maximum atomic E-state index is 6.00. The van der Waals surface area contributed by atoms with Crippen LogP contribution in [0.4, 0.5) is 0 Å². The Bertz CT molecular complexity index is 438. The average Bonchev–Trinajstić information content (AvgIpc) is 3.31. The topological polar surface area (TPSA) is 61.0 Å². The van der Waals surface area contributed by atoms with Crippen LogP contribution < -0.4 is 16.1 Å². The number of nitrogens with one attached hydrogen (secondary N) is 3. The fraction of sp³-hybridized carbons (Fsp3) is 1.00. The standard InChI is InChI=1S/C19H37N5O2/c1-14(2)13-24-7-3-4-16(24)19-21-18(22-26-19)15-5-6-17(20-12-15)23-8-10-25-11-9-23/h14-22H,3-13H2,1-2H3. The second-order valence-electron chi connectivity index (χ2n) is 8.81. The van der Waals surface area contributed by atoms with Crippen LogP contribution in [0.2, 0.25) is 0 Å². The quantitative estimate of drug-likeness (QED) is 0.656. The van der Waals surface area contributed by atoms with E-state index in [4.69, 9.17) is 9.57 Å². The van der Waals surface area contributed by atoms with Crippen molar-refractivity contribution < 1.29 is 9.57 Å². The molecule has 26 heavy (non-hydrogen) atoms. The van der Waals surface area contributed by atoms with Crippen LogP contribution in [0.15, 0.2) is 0 Å². The van der Waals surface area contributed by atoms with Gasteiger partial charge in [0.1, 0.15) is 6.23 Å². The van der Waals surface area contributed by atoms with Crippen molar-refractivity contribution >= 4 is 0 Å². The van der Waals surface area contributed by atoms with E-state index in [1.165, 1.54) is 38.8 Å². The van der Waals surface area contributed by atoms with Crippen LogP contribution in [0.1, 0.15) is 39.5 Å². The molecule has 4 rings (SSSR count). The summed E-state index contributed by atoms with van der Waals surface area (Å²) in [6, 6.07) is 0.507. The molecule has 5 unspecified atom stereocenters. The molecule has 7 heteroatoms. The van der Waals surface area contributed by atoms with Crippen molar-refractivity contribution in [1.29, 1.82) is 0 Å². The second-order valence-corrected chi connectivity index (χ2v) is 8.81. The number of likely N-dealkylation sites (tertiary alicyclic amines) is 1. The fourth-order valence-electron chi connectivity index (χ4n) is 5.05. The monoisotopic (exact) mass is 367 g/mol. The molecular formula is C19H37N5O2. The van der Waals surface area contributed by atoms with Gasteiger partial charge in [0.2, 0.25) is 0 Å². The van der Waals surface area contributed by atoms with Crippen molar-refractivity contribution in [3.8, 4) is 0 Å². The lowest BCUT2D eigenvalue weighted by Gasteiger charge is -2.40. The Hall–Kier alpha value is -0.280. The van der Waals surface area contributed by atoms with E-state index in [0.29, 0.717) is 24.0 Å². The highest BCUT2D eigenvalue weighted by atomic mass is 16.7. The molecule has 0 radical (unpaired) electrons. The number of hydrogen-bond donors (Lipinski definition) is 3. The van der Waals surface area contributed by atoms with Gasteiger partial charge in [0.25, 0.3) is 0 Å². The van der Waals surface area contributed by atoms with Gasteiger partial charge in [-0.1, -0.05) is 13.8 Å². The third-order valence-corrected chi connectivity index (χ3v) is 6.41. The Morgan fingerprint density at radius 3 is 2.65 bits per heavy atom. The summed E-state index contributed by atoms with van der Waals surface area (Å²) < 4.78 is 5.48. The molecule has 0 spiro atoms. The molecule has 150 valence electrons. The van der Waals surface area contributed by atoms with Crippen LogP contribution >= 0.6 is 0 Å². The van der Waals surface area contributed by atoms with E-state index in [1.54, 1.807) is 0 Å². The van der Waals surface area contributed by atoms with Gasteiger partial charge in [0.15, 0.2) is 0 Å². The minimum absolute atomic E-state index is 0.123. The van der Waals surface area contributed by atoms with E-state index < -0.39 is 0 Å². The number of nitrogens with zero attached hydrogens (tertiary/aromatic N) is 2. The molecule has 4 heterocycles. The van der Waals surface area contributed by atoms with Crippen molar-refractivity contribution in [2.24, 2.45) is 11.8 Å². The van der Waals surface area contributed by atoms with E-state index in [2.05, 4.69) is 39.8 Å². The van der Waals surface area contributed by atoms with Crippen LogP contribution in [-0.4, -0.2) is 80.3 Å². The van der Waals surface area contributed by atoms with Crippen molar-refractivity contribution in [2.75, 3.05) is 45.9 Å². The molecule has 0 aromatic heterocycles. The molecule has 7 nitrogen and oxygen atoms in total. The number of hydroxylamine groups is 1. The van der Waals surface area contributed by atoms with Crippen molar-refractivity contribution in [2.45, 2.75) is 64.1 Å². The van der Waals surface area contributed by atoms with Crippen LogP contribution in [0.5, 0.6) is 0 Å². The lowest BCUT2D eigenvalue weighted by Crippen LogP contribution is -2.57. The third kappa shape index (κ3) is 4.41. The van der Waals surface area contributed by atoms with Gasteiger partial charge in [0.05, 0.1) is 31.6 Å². The molecular weight excluding hydrogens is 330 g/mol. The second kappa shape index (κ2) is 8.82. The molecule has 4 saturated heterocycles. The van der Waals surface area contributed by atoms with Crippen molar-refractivity contribution in [3.63, 3.8) is 0 Å². The summed E-state index contributed by atoms with van der Waals surface area (Å²) in [5.41, 5.74) is 3.31. The van der Waals surface area contributed by atoms with Gasteiger partial charge in [-0.2, -0.15) is 5.48 Å². The van der Waals surface area contributed by atoms with Crippen LogP contribution in [0.25, 0.3) is 0 Å². The first-order valence-corrected chi connectivity index (χ1v) is 10.7. The van der Waals surface area contributed by atoms with Crippen LogP contribution in [0.3, 0.4) is 0 Å². The fourth-order valence-corrected chi connectivity index (χ4v) is 5.05. The zero-order valence-corrected chi connectivity index (χ0v) is 16.5. The summed E-state index contributed by atoms with van der Waals surface area (Å²) in [7, 11) is 0. The number of ether oxygens (including phenoxy) is 1. The van der Waals surface area contributed by atoms with Gasteiger partial charge < -0.3 is 10.1 Å². The molecule has 5 atom stereocenters. The molecule has 0 saturated carbocycles. The van der Waals surface area contributed by atoms with E-state index in [9.17, 15) is 0 Å². The van der Waals surface area contributed by atoms with E-state index in [-0.39, 0.29) is 12.4 Å². The Morgan fingerprint density at radius 2 is 1.92 bits per heavy atom. The van der Waals surface area contributed by atoms with Crippen LogP contribution in [-0.2, 0) is 9.57 Å². The highest BCUT2D eigenvalue weighted by Crippen LogP contribution is 2.26. The molecule has 0 aromatic carbocycles. The number of hydrogen-bond acceptors (Lipinski definition) is 7. The largest absolute Gasteiger partial charge is 0.379 e.